The van der Waals surface area contributed by atoms with E-state index in [0.29, 0.717) is 18.3 Å². The van der Waals surface area contributed by atoms with Crippen molar-refractivity contribution in [3.8, 4) is 0 Å². The molecule has 0 saturated carbocycles. The molecule has 2 aromatic heterocycles. The van der Waals surface area contributed by atoms with Crippen molar-refractivity contribution in [2.45, 2.75) is 25.5 Å². The highest BCUT2D eigenvalue weighted by Gasteiger charge is 2.37. The van der Waals surface area contributed by atoms with Crippen molar-refractivity contribution in [3.05, 3.63) is 29.9 Å². The molecule has 2 atom stereocenters. The van der Waals surface area contributed by atoms with Gasteiger partial charge in [-0.25, -0.2) is 19.3 Å². The molecule has 20 heavy (non-hydrogen) atoms. The van der Waals surface area contributed by atoms with Crippen LogP contribution in [0.1, 0.15) is 24.1 Å². The second kappa shape index (κ2) is 5.12. The first kappa shape index (κ1) is 12.9. The van der Waals surface area contributed by atoms with Gasteiger partial charge in [0.25, 0.3) is 0 Å². The summed E-state index contributed by atoms with van der Waals surface area (Å²) < 4.78 is 18.4. The van der Waals surface area contributed by atoms with Gasteiger partial charge in [-0.3, -0.25) is 5.10 Å². The number of H-pyrrole nitrogens is 1. The standard InChI is InChI=1S/C12H15FN6O/c1-7-16-11(18-17-7)10-3-9(20-2)6-19(10)12-14-4-8(13)5-15-12/h4-5,9-10H,3,6H2,1-2H3,(H,16,17,18)/t9-,10+/m1/s1. The summed E-state index contributed by atoms with van der Waals surface area (Å²) in [7, 11) is 1.67. The van der Waals surface area contributed by atoms with E-state index in [4.69, 9.17) is 4.74 Å². The van der Waals surface area contributed by atoms with Crippen LogP contribution >= 0.6 is 0 Å². The van der Waals surface area contributed by atoms with E-state index in [0.717, 1.165) is 24.6 Å². The molecule has 0 radical (unpaired) electrons. The van der Waals surface area contributed by atoms with E-state index in [9.17, 15) is 4.39 Å². The number of nitrogens with one attached hydrogen (secondary N) is 1. The Hall–Kier alpha value is -2.09. The van der Waals surface area contributed by atoms with Crippen molar-refractivity contribution in [1.82, 2.24) is 25.1 Å². The normalized spacial score (nSPS) is 22.4. The first-order valence-corrected chi connectivity index (χ1v) is 6.33. The Labute approximate surface area is 115 Å². The molecule has 1 aliphatic rings. The van der Waals surface area contributed by atoms with Crippen molar-refractivity contribution in [3.63, 3.8) is 0 Å². The average molecular weight is 278 g/mol. The number of aromatic nitrogens is 5. The number of aromatic amines is 1. The third kappa shape index (κ3) is 2.34. The number of halogens is 1. The molecular formula is C12H15FN6O. The summed E-state index contributed by atoms with van der Waals surface area (Å²) in [4.78, 5) is 14.4. The molecule has 3 rings (SSSR count). The summed E-state index contributed by atoms with van der Waals surface area (Å²) in [5, 5.41) is 7.03. The number of aryl methyl sites for hydroxylation is 1. The fraction of sp³-hybridized carbons (Fsp3) is 0.500. The van der Waals surface area contributed by atoms with Gasteiger partial charge in [-0.2, -0.15) is 5.10 Å². The molecule has 0 amide bonds. The number of ether oxygens (including phenoxy) is 1. The second-order valence-electron chi connectivity index (χ2n) is 4.74. The highest BCUT2D eigenvalue weighted by Crippen LogP contribution is 2.33. The number of nitrogens with zero attached hydrogens (tertiary/aromatic N) is 5. The molecule has 1 aliphatic heterocycles. The summed E-state index contributed by atoms with van der Waals surface area (Å²) in [5.41, 5.74) is 0. The van der Waals surface area contributed by atoms with E-state index >= 15 is 0 Å². The average Bonchev–Trinajstić information content (AvgIpc) is 3.05. The van der Waals surface area contributed by atoms with Gasteiger partial charge >= 0.3 is 0 Å². The van der Waals surface area contributed by atoms with Crippen LogP contribution in [0.25, 0.3) is 0 Å². The van der Waals surface area contributed by atoms with E-state index in [-0.39, 0.29) is 12.1 Å². The predicted octanol–water partition coefficient (Wildman–Crippen LogP) is 1.01. The number of hydrogen-bond acceptors (Lipinski definition) is 6. The summed E-state index contributed by atoms with van der Waals surface area (Å²) in [6.07, 6.45) is 3.10. The van der Waals surface area contributed by atoms with Gasteiger partial charge in [0.15, 0.2) is 11.6 Å². The number of rotatable bonds is 3. The van der Waals surface area contributed by atoms with E-state index < -0.39 is 5.82 Å². The number of hydrogen-bond donors (Lipinski definition) is 1. The maximum atomic E-state index is 12.9. The van der Waals surface area contributed by atoms with Crippen LogP contribution in [0.4, 0.5) is 10.3 Å². The fourth-order valence-corrected chi connectivity index (χ4v) is 2.40. The topological polar surface area (TPSA) is 79.8 Å². The molecule has 8 heteroatoms. The summed E-state index contributed by atoms with van der Waals surface area (Å²) >= 11 is 0. The molecule has 106 valence electrons. The third-order valence-electron chi connectivity index (χ3n) is 3.37. The molecule has 0 aliphatic carbocycles. The van der Waals surface area contributed by atoms with Crippen LogP contribution in [0.15, 0.2) is 12.4 Å². The Bertz CT molecular complexity index is 586. The van der Waals surface area contributed by atoms with Gasteiger partial charge in [-0.05, 0) is 6.92 Å². The second-order valence-corrected chi connectivity index (χ2v) is 4.74. The summed E-state index contributed by atoms with van der Waals surface area (Å²) in [6.45, 7) is 2.47. The number of methoxy groups -OCH3 is 1. The van der Waals surface area contributed by atoms with E-state index in [1.807, 2.05) is 11.8 Å². The van der Waals surface area contributed by atoms with Gasteiger partial charge in [0.05, 0.1) is 24.5 Å². The highest BCUT2D eigenvalue weighted by atomic mass is 19.1. The van der Waals surface area contributed by atoms with Crippen LogP contribution in [0.3, 0.4) is 0 Å². The molecule has 0 aromatic carbocycles. The Balaban J connectivity index is 1.91. The molecule has 0 spiro atoms. The Kier molecular flexibility index (Phi) is 3.31. The smallest absolute Gasteiger partial charge is 0.226 e. The first-order chi connectivity index (χ1) is 9.67. The van der Waals surface area contributed by atoms with Crippen LogP contribution in [-0.4, -0.2) is 44.9 Å². The van der Waals surface area contributed by atoms with Gasteiger partial charge in [0.2, 0.25) is 5.95 Å². The lowest BCUT2D eigenvalue weighted by Crippen LogP contribution is -2.27. The minimum atomic E-state index is -0.457. The van der Waals surface area contributed by atoms with E-state index in [1.54, 1.807) is 7.11 Å². The van der Waals surface area contributed by atoms with E-state index in [1.165, 1.54) is 0 Å². The molecule has 2 aromatic rings. The van der Waals surface area contributed by atoms with Gasteiger partial charge < -0.3 is 9.64 Å². The zero-order chi connectivity index (χ0) is 14.1. The Morgan fingerprint density at radius 3 is 2.75 bits per heavy atom. The molecule has 0 unspecified atom stereocenters. The Morgan fingerprint density at radius 2 is 2.15 bits per heavy atom. The van der Waals surface area contributed by atoms with Crippen molar-refractivity contribution in [2.75, 3.05) is 18.6 Å². The van der Waals surface area contributed by atoms with Crippen LogP contribution in [0.5, 0.6) is 0 Å². The van der Waals surface area contributed by atoms with Crippen molar-refractivity contribution in [2.24, 2.45) is 0 Å². The molecule has 3 heterocycles. The Morgan fingerprint density at radius 1 is 1.40 bits per heavy atom. The van der Waals surface area contributed by atoms with Crippen molar-refractivity contribution >= 4 is 5.95 Å². The number of anilines is 1. The lowest BCUT2D eigenvalue weighted by atomic mass is 10.2. The molecule has 1 fully saturated rings. The minimum absolute atomic E-state index is 0.0486. The van der Waals surface area contributed by atoms with Gasteiger partial charge in [0.1, 0.15) is 5.82 Å². The maximum Gasteiger partial charge on any atom is 0.226 e. The van der Waals surface area contributed by atoms with Gasteiger partial charge in [-0.15, -0.1) is 0 Å². The predicted molar refractivity (Wildman–Crippen MR) is 68.6 cm³/mol. The van der Waals surface area contributed by atoms with Crippen LogP contribution in [-0.2, 0) is 4.74 Å². The lowest BCUT2D eigenvalue weighted by molar-refractivity contribution is 0.118. The van der Waals surface area contributed by atoms with Gasteiger partial charge in [0, 0.05) is 20.1 Å². The van der Waals surface area contributed by atoms with Gasteiger partial charge in [-0.1, -0.05) is 0 Å². The highest BCUT2D eigenvalue weighted by molar-refractivity contribution is 5.35. The molecule has 0 bridgehead atoms. The molecule has 1 saturated heterocycles. The van der Waals surface area contributed by atoms with Crippen LogP contribution in [0.2, 0.25) is 0 Å². The minimum Gasteiger partial charge on any atom is -0.380 e. The third-order valence-corrected chi connectivity index (χ3v) is 3.37. The zero-order valence-corrected chi connectivity index (χ0v) is 11.2. The monoisotopic (exact) mass is 278 g/mol. The molecular weight excluding hydrogens is 263 g/mol. The zero-order valence-electron chi connectivity index (χ0n) is 11.2. The first-order valence-electron chi connectivity index (χ1n) is 6.33. The summed E-state index contributed by atoms with van der Waals surface area (Å²) in [5.74, 6) is 1.43. The quantitative estimate of drug-likeness (QED) is 0.902. The SMILES string of the molecule is CO[C@@H]1C[C@@H](c2n[nH]c(C)n2)N(c2ncc(F)cn2)C1. The van der Waals surface area contributed by atoms with Crippen LogP contribution < -0.4 is 4.90 Å². The fourth-order valence-electron chi connectivity index (χ4n) is 2.40. The van der Waals surface area contributed by atoms with Crippen molar-refractivity contribution in [1.29, 1.82) is 0 Å². The molecule has 7 nitrogen and oxygen atoms in total. The van der Waals surface area contributed by atoms with Crippen molar-refractivity contribution < 1.29 is 9.13 Å². The van der Waals surface area contributed by atoms with Crippen LogP contribution in [0, 0.1) is 12.7 Å². The lowest BCUT2D eigenvalue weighted by Gasteiger charge is -2.21. The van der Waals surface area contributed by atoms with E-state index in [2.05, 4.69) is 25.1 Å². The maximum absolute atomic E-state index is 12.9. The largest absolute Gasteiger partial charge is 0.380 e. The summed E-state index contributed by atoms with van der Waals surface area (Å²) in [6, 6.07) is -0.0737. The molecule has 1 N–H and O–H groups in total.